The van der Waals surface area contributed by atoms with Crippen molar-refractivity contribution in [3.05, 3.63) is 47.5 Å². The fourth-order valence-electron chi connectivity index (χ4n) is 14.1. The molecule has 31 nitrogen and oxygen atoms in total. The number of rotatable bonds is 47. The summed E-state index contributed by atoms with van der Waals surface area (Å²) in [5.41, 5.74) is 24.3. The number of aliphatic imine (C=N–C) groups is 3. The van der Waals surface area contributed by atoms with Gasteiger partial charge in [0.1, 0.15) is 11.6 Å². The molecule has 7 amide bonds. The molecule has 9 atom stereocenters. The normalized spacial score (nSPS) is 20.6. The summed E-state index contributed by atoms with van der Waals surface area (Å²) in [6, 6.07) is 9.90. The molecule has 7 aliphatic rings. The molecular weight excluding hydrogens is 1570 g/mol. The third-order valence-corrected chi connectivity index (χ3v) is 24.6. The average Bonchev–Trinajstić information content (AvgIpc) is 1.63. The van der Waals surface area contributed by atoms with Crippen LogP contribution < -0.4 is 65.5 Å². The van der Waals surface area contributed by atoms with Gasteiger partial charge in [0, 0.05) is 126 Å². The summed E-state index contributed by atoms with van der Waals surface area (Å²) in [7, 11) is 0. The van der Waals surface area contributed by atoms with E-state index >= 15 is 0 Å². The number of carbonyl (C=O) groups is 12. The monoisotopic (exact) mass is 1680 g/mol. The molecule has 7 heterocycles. The number of nitrogens with two attached hydrogens (primary N) is 4. The predicted octanol–water partition coefficient (Wildman–Crippen LogP) is 9.80. The van der Waals surface area contributed by atoms with Crippen molar-refractivity contribution >= 4 is 147 Å². The van der Waals surface area contributed by atoms with Crippen molar-refractivity contribution in [2.24, 2.45) is 37.9 Å². The molecule has 2 aromatic carbocycles. The zero-order valence-electron chi connectivity index (χ0n) is 65.6. The maximum Gasteiger partial charge on any atom is 0.471 e. The highest BCUT2D eigenvalue weighted by Crippen LogP contribution is 2.38. The first-order chi connectivity index (χ1) is 55.2. The van der Waals surface area contributed by atoms with Crippen LogP contribution in [0.25, 0.3) is 0 Å². The van der Waals surface area contributed by atoms with Crippen LogP contribution in [0.15, 0.2) is 51.4 Å². The second-order valence-corrected chi connectivity index (χ2v) is 33.3. The zero-order chi connectivity index (χ0) is 83.2. The Labute approximate surface area is 689 Å². The minimum atomic E-state index is -4.98. The molecule has 0 saturated carbocycles. The van der Waals surface area contributed by atoms with E-state index in [-0.39, 0.29) is 128 Å². The van der Waals surface area contributed by atoms with E-state index in [1.54, 1.807) is 48.3 Å². The van der Waals surface area contributed by atoms with Gasteiger partial charge in [0.2, 0.25) is 23.6 Å². The van der Waals surface area contributed by atoms with Crippen molar-refractivity contribution < 1.29 is 85.4 Å². The number of hydrogen-bond acceptors (Lipinski definition) is 27. The van der Waals surface area contributed by atoms with Crippen LogP contribution in [0.4, 0.5) is 35.9 Å². The Morgan fingerprint density at radius 1 is 0.483 bits per heavy atom. The Kier molecular flexibility index (Phi) is 42.3. The van der Waals surface area contributed by atoms with E-state index in [1.807, 2.05) is 23.5 Å². The number of anilines is 4. The van der Waals surface area contributed by atoms with Gasteiger partial charge >= 0.3 is 30.0 Å². The maximum absolute atomic E-state index is 12.7. The SMILES string of the molecule is C.CCOC(=O)c1cc(NC(=O)CCCCCN)cc(NC(=O)CCCCCN)c1.NC1=N[C@H]2[C@H](CS[C@H]2CCCCC(=O)CCCCCCC(=O)Nc2cc(NC(=O)CCCCCCC(=O)CCCC[C@@H]3SC[C@@H]4NC(N)=N[C@@H]43)cc(C(=O)O)c2)N1.O=C(CCCC[C@@H]1SC[C@@H]2NC(NC(=O)C(F)(F)F)=N[C@@H]21)ON1C(=O)CCC1=O. The van der Waals surface area contributed by atoms with E-state index in [1.165, 1.54) is 12.1 Å². The molecule has 0 radical (unpaired) electrons. The topological polar surface area (TPSA) is 484 Å². The van der Waals surface area contributed by atoms with Gasteiger partial charge in [-0.3, -0.25) is 48.5 Å². The van der Waals surface area contributed by atoms with Gasteiger partial charge in [-0.2, -0.15) is 48.5 Å². The number of thioether (sulfide) groups is 3. The molecule has 0 aliphatic carbocycles. The smallest absolute Gasteiger partial charge is 0.471 e. The van der Waals surface area contributed by atoms with Crippen molar-refractivity contribution in [2.45, 2.75) is 291 Å². The van der Waals surface area contributed by atoms with E-state index in [0.717, 1.165) is 127 Å². The molecule has 37 heteroatoms. The number of esters is 1. The quantitative estimate of drug-likeness (QED) is 0.0166. The molecule has 2 aromatic rings. The number of nitrogens with zero attached hydrogens (tertiary/aromatic N) is 4. The highest BCUT2D eigenvalue weighted by molar-refractivity contribution is 8.00. The number of amides is 7. The van der Waals surface area contributed by atoms with E-state index in [9.17, 15) is 75.8 Å². The molecule has 17 N–H and O–H groups in total. The van der Waals surface area contributed by atoms with E-state index in [0.29, 0.717) is 152 Å². The summed E-state index contributed by atoms with van der Waals surface area (Å²) in [5.74, 6) is -2.02. The van der Waals surface area contributed by atoms with Crippen LogP contribution in [0.5, 0.6) is 0 Å². The summed E-state index contributed by atoms with van der Waals surface area (Å²) in [6.07, 6.45) is 17.8. The lowest BCUT2D eigenvalue weighted by Gasteiger charge is -2.15. The molecule has 9 rings (SSSR count). The second kappa shape index (κ2) is 50.9. The lowest BCUT2D eigenvalue weighted by molar-refractivity contribution is -0.197. The lowest BCUT2D eigenvalue weighted by atomic mass is 10.0. The molecule has 4 fully saturated rings. The van der Waals surface area contributed by atoms with Gasteiger partial charge < -0.3 is 74.8 Å². The van der Waals surface area contributed by atoms with Crippen LogP contribution in [-0.4, -0.2) is 194 Å². The molecule has 0 spiro atoms. The largest absolute Gasteiger partial charge is 0.478 e. The number of carboxylic acids is 1. The number of guanidine groups is 3. The zero-order valence-corrected chi connectivity index (χ0v) is 68.0. The highest BCUT2D eigenvalue weighted by atomic mass is 32.2. The Morgan fingerprint density at radius 2 is 0.828 bits per heavy atom. The minimum absolute atomic E-state index is 0. The third kappa shape index (κ3) is 34.2. The Bertz CT molecular complexity index is 3580. The summed E-state index contributed by atoms with van der Waals surface area (Å²) in [5, 5.41) is 33.2. The van der Waals surface area contributed by atoms with Crippen molar-refractivity contribution in [3.8, 4) is 0 Å². The number of unbranched alkanes of at least 4 members (excludes halogenated alkanes) is 13. The van der Waals surface area contributed by atoms with Gasteiger partial charge in [-0.25, -0.2) is 29.4 Å². The molecular formula is C79H119F3N16O15S3. The third-order valence-electron chi connectivity index (χ3n) is 20.1. The van der Waals surface area contributed by atoms with Gasteiger partial charge in [-0.1, -0.05) is 65.2 Å². The Hall–Kier alpha value is -8.55. The number of ketones is 2. The van der Waals surface area contributed by atoms with Gasteiger partial charge in [-0.05, 0) is 146 Å². The molecule has 7 aliphatic heterocycles. The van der Waals surface area contributed by atoms with Crippen molar-refractivity contribution in [1.82, 2.24) is 26.3 Å². The number of nitrogens with one attached hydrogen (secondary N) is 8. The number of Topliss-reactive ketones (excluding diaryl/α,β-unsaturated/α-hetero) is 2. The van der Waals surface area contributed by atoms with E-state index in [2.05, 4.69) is 52.2 Å². The van der Waals surface area contributed by atoms with Crippen LogP contribution >= 0.6 is 35.3 Å². The second-order valence-electron chi connectivity index (χ2n) is 29.5. The number of carbonyl (C=O) groups excluding carboxylic acids is 11. The molecule has 644 valence electrons. The molecule has 0 unspecified atom stereocenters. The van der Waals surface area contributed by atoms with Gasteiger partial charge in [0.25, 0.3) is 11.8 Å². The number of hydroxylamine groups is 2. The van der Waals surface area contributed by atoms with Crippen LogP contribution in [0.2, 0.25) is 0 Å². The van der Waals surface area contributed by atoms with Crippen LogP contribution in [-0.2, 0) is 57.5 Å². The summed E-state index contributed by atoms with van der Waals surface area (Å²) in [4.78, 5) is 162. The van der Waals surface area contributed by atoms with Gasteiger partial charge in [0.05, 0.1) is 54.0 Å². The summed E-state index contributed by atoms with van der Waals surface area (Å²) in [6.45, 7) is 3.17. The van der Waals surface area contributed by atoms with E-state index < -0.39 is 41.8 Å². The summed E-state index contributed by atoms with van der Waals surface area (Å²) >= 11 is 5.52. The number of fused-ring (bicyclic) bond motifs is 3. The Morgan fingerprint density at radius 3 is 1.20 bits per heavy atom. The standard InChI is InChI=1S/C41H62N8O6S2.C21H34N4O4.C16H19F3N4O5S.CH4/c42-40-46-31-24-56-33(37(31)48-40)17-11-9-15-29(50)13-5-1-3-7-19-35(52)44-27-21-26(39(54)55)22-28(23-27)45-36(53)20-8-4-2-6-14-30(51)16-10-12-18-34-38-32(25-57-34)47-41(43)49-38;1-2-29-21(28)16-13-17(24-19(26)9-5-3-7-11-22)15-18(14-16)25-20(27)10-6-4-8-12-23;17-16(18,19)14(27)22-15-20-8-7-29-9(13(8)21-15)3-1-2-4-12(26)28-23-10(24)5-6-11(23)25;/h21-23,31-34,37-38H,1-20,24-25H2,(H,44,52)(H,45,53)(H,54,55)(H3,42,46,48)(H3,43,47,49);13-15H,2-12,22-23H2,1H3,(H,24,26)(H,25,27);8-9,13H,1-7H2,(H2,20,21,22,27);1H4/t31-,32-,33-,34-,37-,38-;;8-,9-,13-;/m0.0./s1. The van der Waals surface area contributed by atoms with Gasteiger partial charge in [0.15, 0.2) is 17.9 Å². The molecule has 0 bridgehead atoms. The predicted molar refractivity (Wildman–Crippen MR) is 446 cm³/mol. The molecule has 4 saturated heterocycles. The van der Waals surface area contributed by atoms with Crippen LogP contribution in [0, 0.1) is 0 Å². The van der Waals surface area contributed by atoms with Crippen molar-refractivity contribution in [3.63, 3.8) is 0 Å². The minimum Gasteiger partial charge on any atom is -0.478 e. The van der Waals surface area contributed by atoms with Gasteiger partial charge in [-0.15, -0.1) is 5.06 Å². The van der Waals surface area contributed by atoms with Crippen molar-refractivity contribution in [1.29, 1.82) is 0 Å². The van der Waals surface area contributed by atoms with Crippen LogP contribution in [0.3, 0.4) is 0 Å². The van der Waals surface area contributed by atoms with Crippen LogP contribution in [0.1, 0.15) is 253 Å². The first-order valence-corrected chi connectivity index (χ1v) is 43.5. The molecule has 0 aromatic heterocycles. The number of ether oxygens (including phenoxy) is 1. The number of benzene rings is 2. The average molecular weight is 1690 g/mol. The fourth-order valence-corrected chi connectivity index (χ4v) is 18.7. The number of carboxylic acid groups (broad SMARTS) is 1. The number of hydrogen-bond donors (Lipinski definition) is 13. The summed E-state index contributed by atoms with van der Waals surface area (Å²) < 4.78 is 42.0. The lowest BCUT2D eigenvalue weighted by Crippen LogP contribution is -2.47. The highest BCUT2D eigenvalue weighted by Gasteiger charge is 2.45. The molecule has 116 heavy (non-hydrogen) atoms. The van der Waals surface area contributed by atoms with E-state index in [4.69, 9.17) is 32.5 Å². The van der Waals surface area contributed by atoms with Crippen molar-refractivity contribution in [2.75, 3.05) is 58.2 Å². The first kappa shape index (κ1) is 96.3. The number of aromatic carboxylic acids is 1. The maximum atomic E-state index is 12.7. The number of alkyl halides is 3. The first-order valence-electron chi connectivity index (χ1n) is 40.4. The Balaban J connectivity index is 0.000000298. The number of imide groups is 1. The fraction of sp³-hybridized carbons (Fsp3) is 0.658. The number of halogens is 3.